The van der Waals surface area contributed by atoms with Gasteiger partial charge in [-0.25, -0.2) is 0 Å². The summed E-state index contributed by atoms with van der Waals surface area (Å²) >= 11 is 0. The van der Waals surface area contributed by atoms with E-state index in [-0.39, 0.29) is 0 Å². The van der Waals surface area contributed by atoms with Gasteiger partial charge in [0.15, 0.2) is 0 Å². The molecule has 148 heavy (non-hydrogen) atoms. The Kier molecular flexibility index (Phi) is 16.1. The van der Waals surface area contributed by atoms with Crippen LogP contribution in [0.1, 0.15) is 22.3 Å². The summed E-state index contributed by atoms with van der Waals surface area (Å²) in [4.78, 5) is 0. The number of hydrogen-bond acceptors (Lipinski definition) is 0. The molecule has 0 heteroatoms. The normalized spacial score (nSPS) is 12.6. The molecular weight excluding hydrogens is 1780 g/mol. The molecule has 0 saturated heterocycles. The van der Waals surface area contributed by atoms with Crippen LogP contribution < -0.4 is 0 Å². The molecule has 34 rings (SSSR count). The molecule has 0 bridgehead atoms. The van der Waals surface area contributed by atoms with Crippen LogP contribution in [-0.4, -0.2) is 0 Å². The highest BCUT2D eigenvalue weighted by Gasteiger charge is 2.39. The lowest BCUT2D eigenvalue weighted by Gasteiger charge is -2.22. The first-order chi connectivity index (χ1) is 73.1. The maximum Gasteiger partial charge on any atom is -0.000730 e. The zero-order chi connectivity index (χ0) is 96.7. The Labute approximate surface area is 853 Å². The third kappa shape index (κ3) is 10.6. The number of fused-ring (bicyclic) bond motifs is 24. The molecule has 0 atom stereocenters. The fourth-order valence-corrected chi connectivity index (χ4v) is 28.9. The minimum atomic E-state index is 1.17. The van der Waals surface area contributed by atoms with Gasteiger partial charge in [0.25, 0.3) is 0 Å². The van der Waals surface area contributed by atoms with E-state index < -0.39 is 0 Å². The fourth-order valence-electron chi connectivity index (χ4n) is 28.9. The van der Waals surface area contributed by atoms with Gasteiger partial charge in [-0.3, -0.25) is 0 Å². The van der Waals surface area contributed by atoms with E-state index in [1.807, 2.05) is 0 Å². The molecule has 0 saturated carbocycles. The summed E-state index contributed by atoms with van der Waals surface area (Å²) in [7, 11) is 0. The van der Waals surface area contributed by atoms with Gasteiger partial charge in [-0.05, 0) is 472 Å². The number of rotatable bonds is 9. The first-order valence-corrected chi connectivity index (χ1v) is 52.2. The van der Waals surface area contributed by atoms with E-state index in [1.54, 1.807) is 0 Å². The quantitative estimate of drug-likeness (QED) is 0.0998. The third-order valence-corrected chi connectivity index (χ3v) is 35.1. The minimum Gasteiger partial charge on any atom is -0.0622 e. The van der Waals surface area contributed by atoms with Gasteiger partial charge in [-0.2, -0.15) is 0 Å². The van der Waals surface area contributed by atoms with Crippen molar-refractivity contribution in [1.82, 2.24) is 0 Å². The Morgan fingerprint density at radius 1 is 0.0946 bits per heavy atom. The van der Waals surface area contributed by atoms with Crippen molar-refractivity contribution < 1.29 is 0 Å². The Morgan fingerprint density at radius 3 is 0.689 bits per heavy atom. The minimum absolute atomic E-state index is 1.17. The second-order valence-electron chi connectivity index (χ2n) is 42.4. The van der Waals surface area contributed by atoms with Crippen molar-refractivity contribution in [2.24, 2.45) is 0 Å². The van der Waals surface area contributed by atoms with Crippen LogP contribution >= 0.6 is 0 Å². The number of hydrogen-bond donors (Lipinski definition) is 0. The summed E-state index contributed by atoms with van der Waals surface area (Å²) in [5.41, 5.74) is 48.3. The van der Waals surface area contributed by atoms with Crippen LogP contribution in [0.5, 0.6) is 0 Å². The van der Waals surface area contributed by atoms with Gasteiger partial charge in [0.2, 0.25) is 0 Å². The average molecular weight is 1860 g/mol. The van der Waals surface area contributed by atoms with Crippen molar-refractivity contribution in [3.8, 4) is 189 Å². The largest absolute Gasteiger partial charge is 0.0622 e. The molecule has 0 radical (unpaired) electrons. The van der Waals surface area contributed by atoms with Crippen molar-refractivity contribution in [2.75, 3.05) is 0 Å². The zero-order valence-electron chi connectivity index (χ0n) is 81.7. The highest BCUT2D eigenvalue weighted by Crippen LogP contribution is 2.67. The first kappa shape index (κ1) is 80.8. The van der Waals surface area contributed by atoms with Crippen molar-refractivity contribution in [2.45, 2.75) is 27.7 Å². The lowest BCUT2D eigenvalue weighted by molar-refractivity contribution is 1.47. The van der Waals surface area contributed by atoms with E-state index >= 15 is 0 Å². The Hall–Kier alpha value is -18.7. The molecule has 30 aromatic carbocycles. The molecule has 0 amide bonds. The van der Waals surface area contributed by atoms with E-state index in [0.29, 0.717) is 0 Å². The smallest absolute Gasteiger partial charge is 0.000730 e. The van der Waals surface area contributed by atoms with E-state index in [0.717, 1.165) is 0 Å². The molecule has 0 spiro atoms. The molecule has 0 fully saturated rings. The second kappa shape index (κ2) is 29.5. The summed E-state index contributed by atoms with van der Waals surface area (Å²) < 4.78 is 0. The van der Waals surface area contributed by atoms with Crippen LogP contribution in [-0.2, 0) is 0 Å². The Morgan fingerprint density at radius 2 is 0.324 bits per heavy atom. The molecular formula is C148H86. The molecule has 0 nitrogen and oxygen atoms in total. The molecule has 4 aliphatic rings. The summed E-state index contributed by atoms with van der Waals surface area (Å²) in [5.74, 6) is 0. The zero-order valence-corrected chi connectivity index (χ0v) is 81.7. The third-order valence-electron chi connectivity index (χ3n) is 35.1. The molecule has 0 aliphatic heterocycles. The molecule has 4 aliphatic carbocycles. The van der Waals surface area contributed by atoms with E-state index in [2.05, 4.69) is 477 Å². The van der Waals surface area contributed by atoms with Gasteiger partial charge < -0.3 is 0 Å². The first-order valence-electron chi connectivity index (χ1n) is 52.2. The average Bonchev–Trinajstić information content (AvgIpc) is 1.50. The standard InChI is InChI=1S/C148H86/c1-79-29-17-23-43-93(79)133-98-48-28-27-47-97(98)129(83-33-9-5-10-34-83)125-75-116-107-57-53-99-102-56-60-110-119-78-128-126(76-117(119)108-58-54-100(138(102)142(108)110)101-55-59-109(141(107)137(99)101)118(116)77-127(125)133)130(84-35-11-6-12-36-84)120-72-90(51-52-111(120)134(128)94-44-24-18-30-80(94)2)89-49-50-91-73-124-122(74-92(91)69-89)132(86-39-15-8-16-40-86)146-113-66-62-104-103-61-65-112-143-114(67-63-105(139(103)143)106-64-68-115(144(113)140(104)106)148(146)136(124)96-46-26-20-32-82(96)4)147-135(95-45-25-19-31-81(95)3)123-71-88-42-22-21-41-87(88)70-121(123)131(145(112)147)85-37-13-7-14-38-85/h5-78H,1-4H3. The predicted molar refractivity (Wildman–Crippen MR) is 635 cm³/mol. The van der Waals surface area contributed by atoms with E-state index in [1.165, 1.54) is 384 Å². The van der Waals surface area contributed by atoms with Gasteiger partial charge in [0, 0.05) is 0 Å². The molecule has 0 unspecified atom stereocenters. The molecule has 0 heterocycles. The van der Waals surface area contributed by atoms with Crippen LogP contribution in [0.2, 0.25) is 0 Å². The van der Waals surface area contributed by atoms with Gasteiger partial charge in [0.05, 0.1) is 0 Å². The summed E-state index contributed by atoms with van der Waals surface area (Å²) in [6.45, 7) is 9.17. The van der Waals surface area contributed by atoms with Crippen molar-refractivity contribution in [1.29, 1.82) is 0 Å². The van der Waals surface area contributed by atoms with Crippen LogP contribution in [0.15, 0.2) is 449 Å². The number of benzene rings is 30. The van der Waals surface area contributed by atoms with Crippen LogP contribution in [0.3, 0.4) is 0 Å². The lowest BCUT2D eigenvalue weighted by atomic mass is 9.80. The van der Waals surface area contributed by atoms with Crippen molar-refractivity contribution in [3.05, 3.63) is 471 Å². The highest BCUT2D eigenvalue weighted by molar-refractivity contribution is 6.45. The predicted octanol–water partition coefficient (Wildman–Crippen LogP) is 41.8. The molecule has 0 aromatic heterocycles. The van der Waals surface area contributed by atoms with Gasteiger partial charge in [-0.15, -0.1) is 0 Å². The van der Waals surface area contributed by atoms with Crippen LogP contribution in [0, 0.1) is 27.7 Å². The van der Waals surface area contributed by atoms with E-state index in [4.69, 9.17) is 0 Å². The van der Waals surface area contributed by atoms with E-state index in [9.17, 15) is 0 Å². The maximum absolute atomic E-state index is 2.60. The SMILES string of the molecule is Cc1ccccc1-c1c2c(c(-c3ccccc3)c3cc4ccccc4cc13)-c1ccc3c4ccc5c6c(ccc(c7ccc-2c1c37)c64)-c1c-5c(-c2ccccc2)c2cc3cc(-c4ccc5c(-c6ccccc6C)c6cc7c(cc6c(-c6ccccc6)c5c4)-c4ccc5c6ccc8c9c(ccc(c%10ccc-7c4c5%10)c96)-c4cc5c(-c6ccccc6)c6ccccc6c(-c6ccccc6C)c5cc4-8)ccc3cc2c1-c1ccccc1C. The van der Waals surface area contributed by atoms with Crippen LogP contribution in [0.4, 0.5) is 0 Å². The summed E-state index contributed by atoms with van der Waals surface area (Å²) in [6.07, 6.45) is 0. The molecule has 678 valence electrons. The van der Waals surface area contributed by atoms with Crippen LogP contribution in [0.25, 0.3) is 362 Å². The highest BCUT2D eigenvalue weighted by atomic mass is 14.4. The Balaban J connectivity index is 0.554. The number of aryl methyl sites for hydroxylation is 4. The van der Waals surface area contributed by atoms with Gasteiger partial charge in [-0.1, -0.05) is 388 Å². The summed E-state index contributed by atoms with van der Waals surface area (Å²) in [6, 6.07) is 174. The second-order valence-corrected chi connectivity index (χ2v) is 42.4. The topological polar surface area (TPSA) is 0 Å². The molecule has 30 aromatic rings. The van der Waals surface area contributed by atoms with Crippen molar-refractivity contribution in [3.63, 3.8) is 0 Å². The summed E-state index contributed by atoms with van der Waals surface area (Å²) in [5, 5.41) is 41.1. The Bertz CT molecular complexity index is 11300. The molecule has 0 N–H and O–H groups in total. The van der Waals surface area contributed by atoms with Gasteiger partial charge >= 0.3 is 0 Å². The maximum atomic E-state index is 2.60. The lowest BCUT2D eigenvalue weighted by Crippen LogP contribution is -1.95. The monoisotopic (exact) mass is 1860 g/mol. The van der Waals surface area contributed by atoms with Crippen molar-refractivity contribution >= 4 is 172 Å². The fraction of sp³-hybridized carbons (Fsp3) is 0.0270. The van der Waals surface area contributed by atoms with Gasteiger partial charge in [0.1, 0.15) is 0 Å².